The van der Waals surface area contributed by atoms with E-state index in [1.807, 2.05) is 0 Å². The highest BCUT2D eigenvalue weighted by atomic mass is 32.2. The average Bonchev–Trinajstić information content (AvgIpc) is 2.26. The molecule has 15 heavy (non-hydrogen) atoms. The summed E-state index contributed by atoms with van der Waals surface area (Å²) < 4.78 is 25.8. The second kappa shape index (κ2) is 5.82. The van der Waals surface area contributed by atoms with Crippen molar-refractivity contribution in [3.8, 4) is 0 Å². The van der Waals surface area contributed by atoms with Crippen molar-refractivity contribution in [3.05, 3.63) is 24.4 Å². The van der Waals surface area contributed by atoms with E-state index in [1.54, 1.807) is 12.1 Å². The van der Waals surface area contributed by atoms with Crippen molar-refractivity contribution in [1.82, 2.24) is 9.71 Å². The highest BCUT2D eigenvalue weighted by Crippen LogP contribution is 2.03. The van der Waals surface area contributed by atoms with Gasteiger partial charge in [0.1, 0.15) is 0 Å². The van der Waals surface area contributed by atoms with Gasteiger partial charge >= 0.3 is 0 Å². The number of sulfonamides is 1. The van der Waals surface area contributed by atoms with Gasteiger partial charge in [0.25, 0.3) is 10.0 Å². The molecule has 0 radical (unpaired) electrons. The van der Waals surface area contributed by atoms with Crippen molar-refractivity contribution in [2.24, 2.45) is 0 Å². The summed E-state index contributed by atoms with van der Waals surface area (Å²) in [6, 6.07) is 4.84. The average molecular weight is 228 g/mol. The number of unbranched alkanes of at least 4 members (excludes halogenated alkanes) is 2. The summed E-state index contributed by atoms with van der Waals surface area (Å²) >= 11 is 0. The SMILES string of the molecule is CCCCCNS(=O)(=O)c1ccccn1. The first-order valence-corrected chi connectivity index (χ1v) is 6.56. The minimum absolute atomic E-state index is 0.0847. The Balaban J connectivity index is 2.53. The second-order valence-corrected chi connectivity index (χ2v) is 4.99. The summed E-state index contributed by atoms with van der Waals surface area (Å²) in [5.74, 6) is 0. The van der Waals surface area contributed by atoms with Gasteiger partial charge in [-0.15, -0.1) is 0 Å². The van der Waals surface area contributed by atoms with Gasteiger partial charge in [-0.05, 0) is 18.6 Å². The van der Waals surface area contributed by atoms with E-state index in [0.717, 1.165) is 19.3 Å². The first-order chi connectivity index (χ1) is 7.17. The molecule has 0 saturated heterocycles. The third-order valence-corrected chi connectivity index (χ3v) is 3.36. The van der Waals surface area contributed by atoms with Crippen LogP contribution in [0.3, 0.4) is 0 Å². The van der Waals surface area contributed by atoms with E-state index in [9.17, 15) is 8.42 Å². The molecule has 1 heterocycles. The van der Waals surface area contributed by atoms with Crippen molar-refractivity contribution < 1.29 is 8.42 Å². The Labute approximate surface area is 90.8 Å². The Hall–Kier alpha value is -0.940. The van der Waals surface area contributed by atoms with Gasteiger partial charge in [0.15, 0.2) is 5.03 Å². The second-order valence-electron chi connectivity index (χ2n) is 3.27. The Bertz CT molecular complexity index is 376. The Morgan fingerprint density at radius 2 is 2.13 bits per heavy atom. The molecule has 0 aliphatic heterocycles. The van der Waals surface area contributed by atoms with Gasteiger partial charge in [-0.2, -0.15) is 0 Å². The molecular weight excluding hydrogens is 212 g/mol. The summed E-state index contributed by atoms with van der Waals surface area (Å²) in [7, 11) is -3.40. The fourth-order valence-electron chi connectivity index (χ4n) is 1.16. The zero-order valence-corrected chi connectivity index (χ0v) is 9.63. The highest BCUT2D eigenvalue weighted by Gasteiger charge is 2.13. The number of nitrogens with one attached hydrogen (secondary N) is 1. The molecule has 0 atom stereocenters. The van der Waals surface area contributed by atoms with Crippen molar-refractivity contribution in [2.45, 2.75) is 31.2 Å². The minimum Gasteiger partial charge on any atom is -0.243 e. The lowest BCUT2D eigenvalue weighted by Crippen LogP contribution is -2.25. The van der Waals surface area contributed by atoms with Crippen LogP contribution in [0, 0.1) is 0 Å². The van der Waals surface area contributed by atoms with Crippen LogP contribution in [0.25, 0.3) is 0 Å². The molecule has 0 spiro atoms. The van der Waals surface area contributed by atoms with Gasteiger partial charge < -0.3 is 0 Å². The number of hydrogen-bond acceptors (Lipinski definition) is 3. The van der Waals surface area contributed by atoms with Gasteiger partial charge in [0, 0.05) is 12.7 Å². The van der Waals surface area contributed by atoms with E-state index in [4.69, 9.17) is 0 Å². The van der Waals surface area contributed by atoms with Crippen molar-refractivity contribution >= 4 is 10.0 Å². The standard InChI is InChI=1S/C10H16N2O2S/c1-2-3-5-9-12-15(13,14)10-7-4-6-8-11-10/h4,6-8,12H,2-3,5,9H2,1H3. The molecule has 1 N–H and O–H groups in total. The van der Waals surface area contributed by atoms with Crippen LogP contribution in [-0.4, -0.2) is 19.9 Å². The molecule has 0 amide bonds. The smallest absolute Gasteiger partial charge is 0.243 e. The maximum absolute atomic E-state index is 11.6. The largest absolute Gasteiger partial charge is 0.258 e. The fourth-order valence-corrected chi connectivity index (χ4v) is 2.18. The van der Waals surface area contributed by atoms with Crippen LogP contribution in [0.2, 0.25) is 0 Å². The van der Waals surface area contributed by atoms with Crippen LogP contribution >= 0.6 is 0 Å². The molecule has 0 aromatic carbocycles. The van der Waals surface area contributed by atoms with Gasteiger partial charge in [-0.1, -0.05) is 25.8 Å². The van der Waals surface area contributed by atoms with Crippen LogP contribution in [-0.2, 0) is 10.0 Å². The van der Waals surface area contributed by atoms with E-state index in [-0.39, 0.29) is 5.03 Å². The maximum atomic E-state index is 11.6. The minimum atomic E-state index is -3.40. The zero-order chi connectivity index (χ0) is 11.1. The number of hydrogen-bond donors (Lipinski definition) is 1. The van der Waals surface area contributed by atoms with Crippen molar-refractivity contribution in [1.29, 1.82) is 0 Å². The lowest BCUT2D eigenvalue weighted by atomic mass is 10.3. The lowest BCUT2D eigenvalue weighted by Gasteiger charge is -2.04. The van der Waals surface area contributed by atoms with Gasteiger partial charge in [-0.3, -0.25) is 0 Å². The molecular formula is C10H16N2O2S. The molecule has 1 aromatic heterocycles. The van der Waals surface area contributed by atoms with Crippen LogP contribution in [0.1, 0.15) is 26.2 Å². The molecule has 0 aliphatic rings. The molecule has 1 rings (SSSR count). The Morgan fingerprint density at radius 3 is 2.73 bits per heavy atom. The third-order valence-electron chi connectivity index (χ3n) is 1.99. The van der Waals surface area contributed by atoms with E-state index < -0.39 is 10.0 Å². The van der Waals surface area contributed by atoms with E-state index in [1.165, 1.54) is 12.3 Å². The van der Waals surface area contributed by atoms with Crippen LogP contribution in [0.15, 0.2) is 29.4 Å². The first kappa shape index (κ1) is 12.1. The molecule has 1 aromatic rings. The molecule has 0 fully saturated rings. The fraction of sp³-hybridized carbons (Fsp3) is 0.500. The van der Waals surface area contributed by atoms with E-state index in [2.05, 4.69) is 16.6 Å². The topological polar surface area (TPSA) is 59.1 Å². The van der Waals surface area contributed by atoms with Gasteiger partial charge in [0.2, 0.25) is 0 Å². The maximum Gasteiger partial charge on any atom is 0.258 e. The lowest BCUT2D eigenvalue weighted by molar-refractivity contribution is 0.572. The molecule has 5 heteroatoms. The molecule has 84 valence electrons. The summed E-state index contributed by atoms with van der Waals surface area (Å²) in [5.41, 5.74) is 0. The Kier molecular flexibility index (Phi) is 4.71. The number of rotatable bonds is 6. The quantitative estimate of drug-likeness (QED) is 0.751. The molecule has 0 saturated carbocycles. The molecule has 4 nitrogen and oxygen atoms in total. The van der Waals surface area contributed by atoms with Crippen LogP contribution in [0.4, 0.5) is 0 Å². The summed E-state index contributed by atoms with van der Waals surface area (Å²) in [5, 5.41) is 0.0847. The zero-order valence-electron chi connectivity index (χ0n) is 8.81. The van der Waals surface area contributed by atoms with Crippen molar-refractivity contribution in [3.63, 3.8) is 0 Å². The summed E-state index contributed by atoms with van der Waals surface area (Å²) in [6.45, 7) is 2.56. The summed E-state index contributed by atoms with van der Waals surface area (Å²) in [6.07, 6.45) is 4.44. The predicted molar refractivity (Wildman–Crippen MR) is 59.0 cm³/mol. The van der Waals surface area contributed by atoms with E-state index in [0.29, 0.717) is 6.54 Å². The molecule has 0 unspecified atom stereocenters. The molecule has 0 aliphatic carbocycles. The highest BCUT2D eigenvalue weighted by molar-refractivity contribution is 7.89. The monoisotopic (exact) mass is 228 g/mol. The van der Waals surface area contributed by atoms with Crippen LogP contribution < -0.4 is 4.72 Å². The Morgan fingerprint density at radius 1 is 1.33 bits per heavy atom. The van der Waals surface area contributed by atoms with Crippen LogP contribution in [0.5, 0.6) is 0 Å². The first-order valence-electron chi connectivity index (χ1n) is 5.07. The predicted octanol–water partition coefficient (Wildman–Crippen LogP) is 1.55. The summed E-state index contributed by atoms with van der Waals surface area (Å²) in [4.78, 5) is 3.80. The van der Waals surface area contributed by atoms with E-state index >= 15 is 0 Å². The van der Waals surface area contributed by atoms with Gasteiger partial charge in [-0.25, -0.2) is 18.1 Å². The number of pyridine rings is 1. The third kappa shape index (κ3) is 3.97. The number of aromatic nitrogens is 1. The molecule has 0 bridgehead atoms. The van der Waals surface area contributed by atoms with Crippen molar-refractivity contribution in [2.75, 3.05) is 6.54 Å². The number of nitrogens with zero attached hydrogens (tertiary/aromatic N) is 1. The normalized spacial score (nSPS) is 11.5. The van der Waals surface area contributed by atoms with Gasteiger partial charge in [0.05, 0.1) is 0 Å².